The van der Waals surface area contributed by atoms with Crippen molar-refractivity contribution in [3.8, 4) is 0 Å². The summed E-state index contributed by atoms with van der Waals surface area (Å²) in [4.78, 5) is 15.9. The maximum Gasteiger partial charge on any atom is 0.339 e. The highest BCUT2D eigenvalue weighted by Gasteiger charge is 2.18. The second-order valence-electron chi connectivity index (χ2n) is 5.29. The SMILES string of the molecule is CCC(Nc1nc2ccccc2cc1C(=O)O)C(C)C. The van der Waals surface area contributed by atoms with E-state index in [1.54, 1.807) is 6.07 Å². The number of benzene rings is 1. The lowest BCUT2D eigenvalue weighted by Gasteiger charge is -2.22. The standard InChI is InChI=1S/C16H20N2O2/c1-4-13(10(2)3)17-15-12(16(19)20)9-11-7-5-6-8-14(11)18-15/h5-10,13H,4H2,1-3H3,(H,17,18)(H,19,20). The van der Waals surface area contributed by atoms with E-state index in [2.05, 4.69) is 31.1 Å². The van der Waals surface area contributed by atoms with Crippen LogP contribution in [0.25, 0.3) is 10.9 Å². The number of hydrogen-bond donors (Lipinski definition) is 2. The minimum absolute atomic E-state index is 0.210. The van der Waals surface area contributed by atoms with Crippen molar-refractivity contribution >= 4 is 22.7 Å². The fourth-order valence-corrected chi connectivity index (χ4v) is 2.30. The Morgan fingerprint density at radius 3 is 2.65 bits per heavy atom. The number of carbonyl (C=O) groups is 1. The summed E-state index contributed by atoms with van der Waals surface area (Å²) in [5, 5.41) is 13.5. The highest BCUT2D eigenvalue weighted by atomic mass is 16.4. The maximum absolute atomic E-state index is 11.4. The summed E-state index contributed by atoms with van der Waals surface area (Å²) >= 11 is 0. The van der Waals surface area contributed by atoms with Gasteiger partial charge in [-0.25, -0.2) is 9.78 Å². The van der Waals surface area contributed by atoms with E-state index < -0.39 is 5.97 Å². The number of fused-ring (bicyclic) bond motifs is 1. The zero-order valence-electron chi connectivity index (χ0n) is 12.1. The molecule has 4 heteroatoms. The van der Waals surface area contributed by atoms with Crippen molar-refractivity contribution in [3.63, 3.8) is 0 Å². The highest BCUT2D eigenvalue weighted by molar-refractivity contribution is 5.98. The number of rotatable bonds is 5. The molecule has 2 aromatic rings. The molecule has 1 aromatic heterocycles. The molecule has 0 saturated carbocycles. The molecule has 1 unspecified atom stereocenters. The number of hydrogen-bond acceptors (Lipinski definition) is 3. The number of carboxylic acids is 1. The second kappa shape index (κ2) is 5.90. The predicted molar refractivity (Wildman–Crippen MR) is 81.2 cm³/mol. The number of aromatic carboxylic acids is 1. The lowest BCUT2D eigenvalue weighted by atomic mass is 10.0. The third-order valence-electron chi connectivity index (χ3n) is 3.52. The van der Waals surface area contributed by atoms with E-state index in [1.165, 1.54) is 0 Å². The van der Waals surface area contributed by atoms with Gasteiger partial charge in [0.15, 0.2) is 0 Å². The van der Waals surface area contributed by atoms with Crippen LogP contribution in [0.3, 0.4) is 0 Å². The number of nitrogens with zero attached hydrogens (tertiary/aromatic N) is 1. The molecule has 0 spiro atoms. The van der Waals surface area contributed by atoms with Crippen molar-refractivity contribution in [2.24, 2.45) is 5.92 Å². The number of aromatic nitrogens is 1. The molecular weight excluding hydrogens is 252 g/mol. The highest BCUT2D eigenvalue weighted by Crippen LogP contribution is 2.23. The van der Waals surface area contributed by atoms with Crippen molar-refractivity contribution in [2.75, 3.05) is 5.32 Å². The molecule has 4 nitrogen and oxygen atoms in total. The first kappa shape index (κ1) is 14.3. The Morgan fingerprint density at radius 2 is 2.05 bits per heavy atom. The van der Waals surface area contributed by atoms with Crippen LogP contribution in [0.2, 0.25) is 0 Å². The minimum Gasteiger partial charge on any atom is -0.478 e. The number of carboxylic acid groups (broad SMARTS) is 1. The van der Waals surface area contributed by atoms with E-state index in [4.69, 9.17) is 0 Å². The van der Waals surface area contributed by atoms with Gasteiger partial charge in [-0.1, -0.05) is 39.0 Å². The zero-order chi connectivity index (χ0) is 14.7. The van der Waals surface area contributed by atoms with Crippen molar-refractivity contribution in [1.82, 2.24) is 4.98 Å². The molecule has 2 rings (SSSR count). The first-order chi connectivity index (χ1) is 9.52. The van der Waals surface area contributed by atoms with Crippen LogP contribution in [0.15, 0.2) is 30.3 Å². The lowest BCUT2D eigenvalue weighted by Crippen LogP contribution is -2.26. The smallest absolute Gasteiger partial charge is 0.339 e. The number of anilines is 1. The minimum atomic E-state index is -0.954. The molecule has 20 heavy (non-hydrogen) atoms. The van der Waals surface area contributed by atoms with E-state index in [9.17, 15) is 9.90 Å². The average molecular weight is 272 g/mol. The van der Waals surface area contributed by atoms with Gasteiger partial charge in [0, 0.05) is 11.4 Å². The number of pyridine rings is 1. The van der Waals surface area contributed by atoms with E-state index in [-0.39, 0.29) is 11.6 Å². The predicted octanol–water partition coefficient (Wildman–Crippen LogP) is 3.78. The summed E-state index contributed by atoms with van der Waals surface area (Å²) in [5.74, 6) is -0.0870. The Balaban J connectivity index is 2.49. The van der Waals surface area contributed by atoms with E-state index >= 15 is 0 Å². The Bertz CT molecular complexity index is 623. The first-order valence-corrected chi connectivity index (χ1v) is 6.92. The Morgan fingerprint density at radius 1 is 1.35 bits per heavy atom. The summed E-state index contributed by atoms with van der Waals surface area (Å²) in [6.07, 6.45) is 0.922. The van der Waals surface area contributed by atoms with Crippen molar-refractivity contribution in [2.45, 2.75) is 33.2 Å². The van der Waals surface area contributed by atoms with Gasteiger partial charge < -0.3 is 10.4 Å². The van der Waals surface area contributed by atoms with Crippen LogP contribution in [-0.2, 0) is 0 Å². The molecule has 1 atom stereocenters. The van der Waals surface area contributed by atoms with Gasteiger partial charge in [-0.15, -0.1) is 0 Å². The molecule has 0 bridgehead atoms. The van der Waals surface area contributed by atoms with Crippen molar-refractivity contribution in [3.05, 3.63) is 35.9 Å². The fourth-order valence-electron chi connectivity index (χ4n) is 2.30. The molecule has 0 aliphatic rings. The normalized spacial score (nSPS) is 12.6. The molecule has 1 aromatic carbocycles. The molecule has 0 aliphatic heterocycles. The first-order valence-electron chi connectivity index (χ1n) is 6.92. The van der Waals surface area contributed by atoms with Gasteiger partial charge in [0.2, 0.25) is 0 Å². The van der Waals surface area contributed by atoms with Gasteiger partial charge >= 0.3 is 5.97 Å². The largest absolute Gasteiger partial charge is 0.478 e. The molecule has 0 aliphatic carbocycles. The van der Waals surface area contributed by atoms with Crippen LogP contribution >= 0.6 is 0 Å². The number of nitrogens with one attached hydrogen (secondary N) is 1. The molecule has 0 radical (unpaired) electrons. The third kappa shape index (κ3) is 2.90. The molecule has 0 saturated heterocycles. The van der Waals surface area contributed by atoms with Gasteiger partial charge in [-0.05, 0) is 24.5 Å². The summed E-state index contributed by atoms with van der Waals surface area (Å²) in [5.41, 5.74) is 1.03. The Hall–Kier alpha value is -2.10. The molecule has 0 fully saturated rings. The maximum atomic E-state index is 11.4. The van der Waals surface area contributed by atoms with Crippen LogP contribution < -0.4 is 5.32 Å². The van der Waals surface area contributed by atoms with Gasteiger partial charge in [0.05, 0.1) is 5.52 Å². The van der Waals surface area contributed by atoms with E-state index in [0.29, 0.717) is 11.7 Å². The van der Waals surface area contributed by atoms with Crippen LogP contribution in [-0.4, -0.2) is 22.1 Å². The third-order valence-corrected chi connectivity index (χ3v) is 3.52. The summed E-state index contributed by atoms with van der Waals surface area (Å²) < 4.78 is 0. The summed E-state index contributed by atoms with van der Waals surface area (Å²) in [6.45, 7) is 6.31. The van der Waals surface area contributed by atoms with E-state index in [1.807, 2.05) is 24.3 Å². The summed E-state index contributed by atoms with van der Waals surface area (Å²) in [7, 11) is 0. The lowest BCUT2D eigenvalue weighted by molar-refractivity contribution is 0.0697. The van der Waals surface area contributed by atoms with Crippen LogP contribution in [0.4, 0.5) is 5.82 Å². The average Bonchev–Trinajstić information content (AvgIpc) is 2.43. The quantitative estimate of drug-likeness (QED) is 0.869. The van der Waals surface area contributed by atoms with Crippen LogP contribution in [0.1, 0.15) is 37.6 Å². The van der Waals surface area contributed by atoms with Gasteiger partial charge in [0.25, 0.3) is 0 Å². The Labute approximate surface area is 118 Å². The molecule has 106 valence electrons. The molecule has 2 N–H and O–H groups in total. The van der Waals surface area contributed by atoms with Crippen LogP contribution in [0, 0.1) is 5.92 Å². The molecule has 0 amide bonds. The van der Waals surface area contributed by atoms with Gasteiger partial charge in [-0.2, -0.15) is 0 Å². The fraction of sp³-hybridized carbons (Fsp3) is 0.375. The second-order valence-corrected chi connectivity index (χ2v) is 5.29. The monoisotopic (exact) mass is 272 g/mol. The van der Waals surface area contributed by atoms with Crippen molar-refractivity contribution < 1.29 is 9.90 Å². The summed E-state index contributed by atoms with van der Waals surface area (Å²) in [6, 6.07) is 9.44. The Kier molecular flexibility index (Phi) is 4.23. The van der Waals surface area contributed by atoms with Gasteiger partial charge in [0.1, 0.15) is 11.4 Å². The van der Waals surface area contributed by atoms with Crippen LogP contribution in [0.5, 0.6) is 0 Å². The molecular formula is C16H20N2O2. The molecule has 1 heterocycles. The number of para-hydroxylation sites is 1. The topological polar surface area (TPSA) is 62.2 Å². The zero-order valence-corrected chi connectivity index (χ0v) is 12.1. The van der Waals surface area contributed by atoms with E-state index in [0.717, 1.165) is 17.3 Å². The van der Waals surface area contributed by atoms with Gasteiger partial charge in [-0.3, -0.25) is 0 Å². The van der Waals surface area contributed by atoms with Crippen molar-refractivity contribution in [1.29, 1.82) is 0 Å².